The fourth-order valence-electron chi connectivity index (χ4n) is 3.08. The van der Waals surface area contributed by atoms with E-state index in [0.29, 0.717) is 19.2 Å². The molecule has 0 radical (unpaired) electrons. The van der Waals surface area contributed by atoms with Gasteiger partial charge in [0.1, 0.15) is 31.1 Å². The summed E-state index contributed by atoms with van der Waals surface area (Å²) in [5.74, 6) is 0.796. The van der Waals surface area contributed by atoms with E-state index in [1.807, 2.05) is 35.0 Å². The van der Waals surface area contributed by atoms with Crippen LogP contribution in [0.4, 0.5) is 0 Å². The van der Waals surface area contributed by atoms with Crippen molar-refractivity contribution in [2.24, 2.45) is 0 Å². The first-order chi connectivity index (χ1) is 11.3. The third-order valence-electron chi connectivity index (χ3n) is 4.24. The van der Waals surface area contributed by atoms with E-state index in [9.17, 15) is 5.11 Å². The average Bonchev–Trinajstić information content (AvgIpc) is 3.09. The lowest BCUT2D eigenvalue weighted by atomic mass is 10.0. The van der Waals surface area contributed by atoms with Gasteiger partial charge in [0.15, 0.2) is 0 Å². The number of likely N-dealkylation sites (tertiary alicyclic amines) is 1. The molecule has 23 heavy (non-hydrogen) atoms. The molecule has 0 saturated carbocycles. The molecule has 0 spiro atoms. The summed E-state index contributed by atoms with van der Waals surface area (Å²) >= 11 is 0. The van der Waals surface area contributed by atoms with Crippen molar-refractivity contribution in [1.29, 1.82) is 0 Å². The van der Waals surface area contributed by atoms with Crippen LogP contribution < -0.4 is 4.74 Å². The first kappa shape index (κ1) is 16.0. The molecule has 1 saturated heterocycles. The van der Waals surface area contributed by atoms with Crippen LogP contribution in [0.2, 0.25) is 0 Å². The third kappa shape index (κ3) is 4.77. The lowest BCUT2D eigenvalue weighted by molar-refractivity contribution is 0.0345. The predicted molar refractivity (Wildman–Crippen MR) is 87.2 cm³/mol. The second kappa shape index (κ2) is 8.08. The molecule has 1 N–H and O–H groups in total. The highest BCUT2D eigenvalue weighted by molar-refractivity contribution is 5.20. The molecular weight excluding hydrogens is 292 g/mol. The van der Waals surface area contributed by atoms with E-state index in [2.05, 4.69) is 15.0 Å². The van der Waals surface area contributed by atoms with Crippen LogP contribution in [-0.2, 0) is 6.54 Å². The van der Waals surface area contributed by atoms with Crippen molar-refractivity contribution < 1.29 is 9.84 Å². The van der Waals surface area contributed by atoms with Crippen molar-refractivity contribution in [3.05, 3.63) is 43.0 Å². The summed E-state index contributed by atoms with van der Waals surface area (Å²) in [6.45, 7) is 2.79. The van der Waals surface area contributed by atoms with Crippen LogP contribution >= 0.6 is 0 Å². The van der Waals surface area contributed by atoms with Gasteiger partial charge in [-0.25, -0.2) is 4.98 Å². The number of piperidine rings is 1. The molecule has 0 aliphatic carbocycles. The van der Waals surface area contributed by atoms with Gasteiger partial charge >= 0.3 is 0 Å². The van der Waals surface area contributed by atoms with Gasteiger partial charge in [-0.15, -0.1) is 0 Å². The number of aliphatic hydroxyl groups excluding tert-OH is 1. The standard InChI is InChI=1S/C17H24N4O2/c22-16(12-23-17-7-2-1-3-8-17)11-20-9-5-4-6-15(20)10-21-14-18-13-19-21/h1-3,7-8,13-16,22H,4-6,9-12H2/t15-,16+/m0/s1. The number of hydrogen-bond acceptors (Lipinski definition) is 5. The van der Waals surface area contributed by atoms with Crippen molar-refractivity contribution in [2.75, 3.05) is 19.7 Å². The van der Waals surface area contributed by atoms with Crippen molar-refractivity contribution >= 4 is 0 Å². The minimum Gasteiger partial charge on any atom is -0.491 e. The quantitative estimate of drug-likeness (QED) is 0.840. The Morgan fingerprint density at radius 3 is 2.91 bits per heavy atom. The Morgan fingerprint density at radius 1 is 1.26 bits per heavy atom. The SMILES string of the molecule is O[C@@H](COc1ccccc1)CN1CCCC[C@H]1Cn1cncn1. The van der Waals surface area contributed by atoms with E-state index < -0.39 is 6.10 Å². The first-order valence-corrected chi connectivity index (χ1v) is 8.23. The maximum atomic E-state index is 10.3. The number of aromatic nitrogens is 3. The molecule has 1 aliphatic rings. The second-order valence-electron chi connectivity index (χ2n) is 6.04. The average molecular weight is 316 g/mol. The highest BCUT2D eigenvalue weighted by Crippen LogP contribution is 2.19. The molecule has 0 amide bonds. The topological polar surface area (TPSA) is 63.4 Å². The van der Waals surface area contributed by atoms with Crippen LogP contribution in [0.15, 0.2) is 43.0 Å². The van der Waals surface area contributed by atoms with E-state index in [-0.39, 0.29) is 0 Å². The zero-order chi connectivity index (χ0) is 15.9. The number of β-amino-alcohol motifs (C(OH)–C–C–N with tert-alkyl or cyclic N) is 1. The molecule has 2 heterocycles. The smallest absolute Gasteiger partial charge is 0.137 e. The predicted octanol–water partition coefficient (Wildman–Crippen LogP) is 1.57. The molecular formula is C17H24N4O2. The van der Waals surface area contributed by atoms with E-state index in [4.69, 9.17) is 4.74 Å². The molecule has 0 bridgehead atoms. The van der Waals surface area contributed by atoms with Gasteiger partial charge in [0.2, 0.25) is 0 Å². The first-order valence-electron chi connectivity index (χ1n) is 8.23. The number of rotatable bonds is 7. The molecule has 1 aromatic heterocycles. The molecule has 1 aliphatic heterocycles. The monoisotopic (exact) mass is 316 g/mol. The van der Waals surface area contributed by atoms with Crippen molar-refractivity contribution in [1.82, 2.24) is 19.7 Å². The molecule has 3 rings (SSSR count). The van der Waals surface area contributed by atoms with Crippen LogP contribution in [0.3, 0.4) is 0 Å². The van der Waals surface area contributed by atoms with Gasteiger partial charge in [0.25, 0.3) is 0 Å². The molecule has 6 heteroatoms. The Hall–Kier alpha value is -1.92. The number of ether oxygens (including phenoxy) is 1. The van der Waals surface area contributed by atoms with Gasteiger partial charge in [-0.3, -0.25) is 9.58 Å². The summed E-state index contributed by atoms with van der Waals surface area (Å²) in [5.41, 5.74) is 0. The Kier molecular flexibility index (Phi) is 5.60. The van der Waals surface area contributed by atoms with Crippen LogP contribution in [-0.4, -0.2) is 56.6 Å². The minimum atomic E-state index is -0.494. The second-order valence-corrected chi connectivity index (χ2v) is 6.04. The lowest BCUT2D eigenvalue weighted by Gasteiger charge is -2.36. The third-order valence-corrected chi connectivity index (χ3v) is 4.24. The van der Waals surface area contributed by atoms with Gasteiger partial charge in [0.05, 0.1) is 6.54 Å². The number of para-hydroxylation sites is 1. The summed E-state index contributed by atoms with van der Waals surface area (Å²) in [5, 5.41) is 14.5. The van der Waals surface area contributed by atoms with E-state index in [0.717, 1.165) is 25.3 Å². The number of benzene rings is 1. The molecule has 1 fully saturated rings. The lowest BCUT2D eigenvalue weighted by Crippen LogP contribution is -2.46. The molecule has 0 unspecified atom stereocenters. The Morgan fingerprint density at radius 2 is 2.13 bits per heavy atom. The van der Waals surface area contributed by atoms with Gasteiger partial charge in [0, 0.05) is 12.6 Å². The van der Waals surface area contributed by atoms with E-state index in [1.54, 1.807) is 12.7 Å². The summed E-state index contributed by atoms with van der Waals surface area (Å²) in [4.78, 5) is 6.35. The van der Waals surface area contributed by atoms with Gasteiger partial charge in [-0.1, -0.05) is 24.6 Å². The number of aliphatic hydroxyl groups is 1. The van der Waals surface area contributed by atoms with Crippen molar-refractivity contribution in [3.8, 4) is 5.75 Å². The van der Waals surface area contributed by atoms with Gasteiger partial charge in [-0.05, 0) is 31.5 Å². The minimum absolute atomic E-state index is 0.316. The molecule has 2 aromatic rings. The Bertz CT molecular complexity index is 561. The van der Waals surface area contributed by atoms with Gasteiger partial charge < -0.3 is 9.84 Å². The Balaban J connectivity index is 1.49. The fourth-order valence-corrected chi connectivity index (χ4v) is 3.08. The van der Waals surface area contributed by atoms with Gasteiger partial charge in [-0.2, -0.15) is 5.10 Å². The van der Waals surface area contributed by atoms with E-state index >= 15 is 0 Å². The van der Waals surface area contributed by atoms with Crippen LogP contribution in [0, 0.1) is 0 Å². The number of nitrogens with zero attached hydrogens (tertiary/aromatic N) is 4. The van der Waals surface area contributed by atoms with Crippen molar-refractivity contribution in [2.45, 2.75) is 38.0 Å². The zero-order valence-corrected chi connectivity index (χ0v) is 13.3. The fraction of sp³-hybridized carbons (Fsp3) is 0.529. The summed E-state index contributed by atoms with van der Waals surface area (Å²) in [6.07, 6.45) is 6.36. The van der Waals surface area contributed by atoms with Crippen molar-refractivity contribution in [3.63, 3.8) is 0 Å². The van der Waals surface area contributed by atoms with Crippen LogP contribution in [0.5, 0.6) is 5.75 Å². The maximum Gasteiger partial charge on any atom is 0.137 e. The maximum absolute atomic E-state index is 10.3. The van der Waals surface area contributed by atoms with Crippen LogP contribution in [0.25, 0.3) is 0 Å². The van der Waals surface area contributed by atoms with Crippen LogP contribution in [0.1, 0.15) is 19.3 Å². The summed E-state index contributed by atoms with van der Waals surface area (Å²) in [7, 11) is 0. The largest absolute Gasteiger partial charge is 0.491 e. The normalized spacial score (nSPS) is 20.3. The zero-order valence-electron chi connectivity index (χ0n) is 13.3. The number of hydrogen-bond donors (Lipinski definition) is 1. The molecule has 6 nitrogen and oxygen atoms in total. The Labute approximate surface area is 136 Å². The highest BCUT2D eigenvalue weighted by Gasteiger charge is 2.25. The molecule has 2 atom stereocenters. The summed E-state index contributed by atoms with van der Waals surface area (Å²) < 4.78 is 7.52. The summed E-state index contributed by atoms with van der Waals surface area (Å²) in [6, 6.07) is 10.0. The highest BCUT2D eigenvalue weighted by atomic mass is 16.5. The molecule has 1 aromatic carbocycles. The van der Waals surface area contributed by atoms with E-state index in [1.165, 1.54) is 12.8 Å². The molecule has 124 valence electrons.